The van der Waals surface area contributed by atoms with E-state index in [-0.39, 0.29) is 22.3 Å². The molecule has 1 aliphatic heterocycles. The highest BCUT2D eigenvalue weighted by Crippen LogP contribution is 2.55. The Hall–Kier alpha value is -1.47. The molecule has 1 atom stereocenters. The third-order valence-corrected chi connectivity index (χ3v) is 9.50. The lowest BCUT2D eigenvalue weighted by molar-refractivity contribution is -0.127. The number of rotatable bonds is 5. The van der Waals surface area contributed by atoms with Crippen LogP contribution in [0.25, 0.3) is 0 Å². The van der Waals surface area contributed by atoms with Crippen LogP contribution in [0.15, 0.2) is 29.2 Å². The van der Waals surface area contributed by atoms with Gasteiger partial charge in [0, 0.05) is 25.0 Å². The third-order valence-electron chi connectivity index (χ3n) is 7.62. The molecule has 4 bridgehead atoms. The molecule has 5 aliphatic rings. The highest BCUT2D eigenvalue weighted by atomic mass is 32.2. The van der Waals surface area contributed by atoms with Crippen LogP contribution in [-0.4, -0.2) is 37.3 Å². The number of sulfonamides is 1. The Morgan fingerprint density at radius 2 is 1.66 bits per heavy atom. The van der Waals surface area contributed by atoms with Gasteiger partial charge in [-0.05, 0) is 92.9 Å². The maximum Gasteiger partial charge on any atom is 0.243 e. The summed E-state index contributed by atoms with van der Waals surface area (Å²) in [5.41, 5.74) is 0.00428. The predicted octanol–water partition coefficient (Wildman–Crippen LogP) is 3.31. The summed E-state index contributed by atoms with van der Waals surface area (Å²) in [4.78, 5) is 12.9. The molecule has 29 heavy (non-hydrogen) atoms. The Labute approximate surface area is 172 Å². The molecule has 1 N–H and O–H groups in total. The van der Waals surface area contributed by atoms with Gasteiger partial charge in [-0.2, -0.15) is 4.31 Å². The molecular formula is C22H29FN2O3S. The summed E-state index contributed by atoms with van der Waals surface area (Å²) in [5.74, 6) is 2.01. The standard InChI is InChI=1S/C22H29FN2O3S/c23-19-1-3-20(4-2-19)29(27,28)25-6-5-15(14-25)10-21(26)24-22-11-16-7-17(12-22)9-18(8-16)13-22/h1-4,15-18H,5-14H2,(H,24,26). The second kappa shape index (κ2) is 7.05. The molecule has 1 aromatic rings. The van der Waals surface area contributed by atoms with Gasteiger partial charge >= 0.3 is 0 Å². The minimum absolute atomic E-state index is 0.00428. The number of carbonyl (C=O) groups excluding carboxylic acids is 1. The molecular weight excluding hydrogens is 391 g/mol. The van der Waals surface area contributed by atoms with E-state index >= 15 is 0 Å². The summed E-state index contributed by atoms with van der Waals surface area (Å²) in [6, 6.07) is 4.94. The zero-order valence-electron chi connectivity index (χ0n) is 16.6. The van der Waals surface area contributed by atoms with Crippen LogP contribution in [0.3, 0.4) is 0 Å². The monoisotopic (exact) mass is 420 g/mol. The average molecular weight is 421 g/mol. The van der Waals surface area contributed by atoms with Crippen molar-refractivity contribution in [3.8, 4) is 0 Å². The summed E-state index contributed by atoms with van der Waals surface area (Å²) in [6.07, 6.45) is 8.48. The highest BCUT2D eigenvalue weighted by Gasteiger charge is 2.51. The van der Waals surface area contributed by atoms with Crippen molar-refractivity contribution in [3.63, 3.8) is 0 Å². The summed E-state index contributed by atoms with van der Waals surface area (Å²) >= 11 is 0. The van der Waals surface area contributed by atoms with Gasteiger partial charge < -0.3 is 5.32 Å². The van der Waals surface area contributed by atoms with E-state index in [0.717, 1.165) is 37.0 Å². The van der Waals surface area contributed by atoms with E-state index in [0.29, 0.717) is 25.9 Å². The molecule has 5 fully saturated rings. The predicted molar refractivity (Wildman–Crippen MR) is 107 cm³/mol. The van der Waals surface area contributed by atoms with Crippen LogP contribution in [0, 0.1) is 29.5 Å². The van der Waals surface area contributed by atoms with Crippen molar-refractivity contribution in [3.05, 3.63) is 30.1 Å². The molecule has 1 saturated heterocycles. The van der Waals surface area contributed by atoms with Gasteiger partial charge in [0.25, 0.3) is 0 Å². The Bertz CT molecular complexity index is 864. The van der Waals surface area contributed by atoms with Crippen molar-refractivity contribution in [2.45, 2.75) is 61.8 Å². The second-order valence-electron chi connectivity index (χ2n) is 9.92. The highest BCUT2D eigenvalue weighted by molar-refractivity contribution is 7.89. The summed E-state index contributed by atoms with van der Waals surface area (Å²) in [6.45, 7) is 0.767. The summed E-state index contributed by atoms with van der Waals surface area (Å²) < 4.78 is 40.1. The lowest BCUT2D eigenvalue weighted by Gasteiger charge is -2.57. The molecule has 6 rings (SSSR count). The van der Waals surface area contributed by atoms with Gasteiger partial charge in [-0.3, -0.25) is 4.79 Å². The van der Waals surface area contributed by atoms with Crippen molar-refractivity contribution in [2.24, 2.45) is 23.7 Å². The fourth-order valence-corrected chi connectivity index (χ4v) is 8.34. The Kier molecular flexibility index (Phi) is 4.74. The first-order valence-corrected chi connectivity index (χ1v) is 12.3. The van der Waals surface area contributed by atoms with Crippen LogP contribution in [0.5, 0.6) is 0 Å². The first-order chi connectivity index (χ1) is 13.8. The van der Waals surface area contributed by atoms with Gasteiger partial charge in [0.1, 0.15) is 5.82 Å². The molecule has 4 aliphatic carbocycles. The summed E-state index contributed by atoms with van der Waals surface area (Å²) in [7, 11) is -3.63. The van der Waals surface area contributed by atoms with E-state index in [1.54, 1.807) is 0 Å². The molecule has 1 amide bonds. The van der Waals surface area contributed by atoms with E-state index in [9.17, 15) is 17.6 Å². The van der Waals surface area contributed by atoms with E-state index in [1.807, 2.05) is 0 Å². The van der Waals surface area contributed by atoms with Crippen LogP contribution in [-0.2, 0) is 14.8 Å². The first-order valence-electron chi connectivity index (χ1n) is 10.9. The van der Waals surface area contributed by atoms with Crippen LogP contribution in [0.2, 0.25) is 0 Å². The third kappa shape index (κ3) is 3.72. The Balaban J connectivity index is 1.19. The van der Waals surface area contributed by atoms with E-state index in [2.05, 4.69) is 5.32 Å². The molecule has 1 unspecified atom stereocenters. The fourth-order valence-electron chi connectivity index (χ4n) is 6.81. The molecule has 4 saturated carbocycles. The molecule has 7 heteroatoms. The number of nitrogens with zero attached hydrogens (tertiary/aromatic N) is 1. The van der Waals surface area contributed by atoms with Crippen LogP contribution >= 0.6 is 0 Å². The largest absolute Gasteiger partial charge is 0.351 e. The number of hydrogen-bond donors (Lipinski definition) is 1. The average Bonchev–Trinajstić information content (AvgIpc) is 3.09. The molecule has 1 heterocycles. The molecule has 1 aromatic carbocycles. The van der Waals surface area contributed by atoms with E-state index < -0.39 is 15.8 Å². The van der Waals surface area contributed by atoms with E-state index in [1.165, 1.54) is 47.8 Å². The second-order valence-corrected chi connectivity index (χ2v) is 11.9. The van der Waals surface area contributed by atoms with Crippen molar-refractivity contribution in [2.75, 3.05) is 13.1 Å². The molecule has 0 spiro atoms. The Morgan fingerprint density at radius 3 is 2.24 bits per heavy atom. The van der Waals surface area contributed by atoms with E-state index in [4.69, 9.17) is 0 Å². The topological polar surface area (TPSA) is 66.5 Å². The number of halogens is 1. The van der Waals surface area contributed by atoms with Crippen LogP contribution < -0.4 is 5.32 Å². The SMILES string of the molecule is O=C(CC1CCN(S(=O)(=O)c2ccc(F)cc2)C1)NC12CC3CC(CC(C3)C1)C2. The van der Waals surface area contributed by atoms with Crippen molar-refractivity contribution in [1.82, 2.24) is 9.62 Å². The maximum absolute atomic E-state index is 13.1. The normalized spacial score (nSPS) is 36.4. The zero-order chi connectivity index (χ0) is 20.2. The summed E-state index contributed by atoms with van der Waals surface area (Å²) in [5, 5.41) is 3.39. The van der Waals surface area contributed by atoms with Crippen molar-refractivity contribution in [1.29, 1.82) is 0 Å². The van der Waals surface area contributed by atoms with Gasteiger partial charge in [-0.25, -0.2) is 12.8 Å². The van der Waals surface area contributed by atoms with Crippen molar-refractivity contribution >= 4 is 15.9 Å². The van der Waals surface area contributed by atoms with Gasteiger partial charge in [0.2, 0.25) is 15.9 Å². The van der Waals surface area contributed by atoms with Crippen LogP contribution in [0.4, 0.5) is 4.39 Å². The van der Waals surface area contributed by atoms with Crippen molar-refractivity contribution < 1.29 is 17.6 Å². The maximum atomic E-state index is 13.1. The van der Waals surface area contributed by atoms with Gasteiger partial charge in [0.05, 0.1) is 4.90 Å². The zero-order valence-corrected chi connectivity index (χ0v) is 17.5. The molecule has 158 valence electrons. The molecule has 0 radical (unpaired) electrons. The fraction of sp³-hybridized carbons (Fsp3) is 0.682. The molecule has 0 aromatic heterocycles. The smallest absolute Gasteiger partial charge is 0.243 e. The minimum Gasteiger partial charge on any atom is -0.351 e. The van der Waals surface area contributed by atoms with Gasteiger partial charge in [-0.1, -0.05) is 0 Å². The number of amides is 1. The lowest BCUT2D eigenvalue weighted by Crippen LogP contribution is -2.60. The number of nitrogens with one attached hydrogen (secondary N) is 1. The van der Waals surface area contributed by atoms with Gasteiger partial charge in [0.15, 0.2) is 0 Å². The van der Waals surface area contributed by atoms with Gasteiger partial charge in [-0.15, -0.1) is 0 Å². The number of hydrogen-bond acceptors (Lipinski definition) is 3. The van der Waals surface area contributed by atoms with Crippen LogP contribution in [0.1, 0.15) is 51.4 Å². The Morgan fingerprint density at radius 1 is 1.07 bits per heavy atom. The minimum atomic E-state index is -3.63. The number of carbonyl (C=O) groups is 1. The first kappa shape index (κ1) is 19.5. The lowest BCUT2D eigenvalue weighted by atomic mass is 9.53. The quantitative estimate of drug-likeness (QED) is 0.795. The molecule has 5 nitrogen and oxygen atoms in total. The number of benzene rings is 1.